The zero-order valence-electron chi connectivity index (χ0n) is 22.1. The number of anilines is 2. The second-order valence-corrected chi connectivity index (χ2v) is 10.6. The predicted octanol–water partition coefficient (Wildman–Crippen LogP) is 2.33. The van der Waals surface area contributed by atoms with E-state index in [0.717, 1.165) is 19.3 Å². The van der Waals surface area contributed by atoms with Crippen molar-refractivity contribution < 1.29 is 18.3 Å². The van der Waals surface area contributed by atoms with Crippen molar-refractivity contribution in [1.82, 2.24) is 24.8 Å². The molecule has 10 nitrogen and oxygen atoms in total. The normalized spacial score (nSPS) is 22.8. The van der Waals surface area contributed by atoms with Crippen molar-refractivity contribution in [2.24, 2.45) is 5.73 Å². The number of piperidine rings is 1. The van der Waals surface area contributed by atoms with Crippen molar-refractivity contribution in [1.29, 1.82) is 0 Å². The van der Waals surface area contributed by atoms with Crippen LogP contribution in [-0.2, 0) is 0 Å². The quantitative estimate of drug-likeness (QED) is 0.485. The van der Waals surface area contributed by atoms with Crippen LogP contribution in [0.3, 0.4) is 0 Å². The molecule has 2 bridgehead atoms. The Hall–Kier alpha value is -3.51. The number of carbonyl (C=O) groups is 1. The maximum atomic E-state index is 16.1. The summed E-state index contributed by atoms with van der Waals surface area (Å²) in [7, 11) is 1.83. The Labute approximate surface area is 225 Å². The number of ether oxygens (including phenoxy) is 1. The maximum Gasteiger partial charge on any atom is 0.258 e. The average Bonchev–Trinajstić information content (AvgIpc) is 3.55. The minimum atomic E-state index is -0.499. The Kier molecular flexibility index (Phi) is 6.98. The van der Waals surface area contributed by atoms with E-state index in [0.29, 0.717) is 75.2 Å². The molecule has 0 radical (unpaired) electrons. The molecule has 0 saturated carbocycles. The van der Waals surface area contributed by atoms with Crippen LogP contribution >= 0.6 is 0 Å². The SMILES string of the molecule is CN1CCNCCOc2ccc(F)cc2C(=O)N2CCCCC2c2cc3nc(N4CC[C@H](N)C4)c(F)c1n3n2. The number of halogens is 2. The largest absolute Gasteiger partial charge is 0.491 e. The summed E-state index contributed by atoms with van der Waals surface area (Å²) in [6.45, 7) is 3.54. The highest BCUT2D eigenvalue weighted by Crippen LogP contribution is 2.36. The van der Waals surface area contributed by atoms with Crippen molar-refractivity contribution in [2.75, 3.05) is 62.7 Å². The smallest absolute Gasteiger partial charge is 0.258 e. The van der Waals surface area contributed by atoms with Crippen molar-refractivity contribution in [2.45, 2.75) is 37.8 Å². The van der Waals surface area contributed by atoms with E-state index in [-0.39, 0.29) is 29.4 Å². The van der Waals surface area contributed by atoms with Gasteiger partial charge < -0.3 is 30.5 Å². The topological polar surface area (TPSA) is 104 Å². The zero-order valence-corrected chi connectivity index (χ0v) is 22.1. The first-order valence-corrected chi connectivity index (χ1v) is 13.7. The Morgan fingerprint density at radius 3 is 2.79 bits per heavy atom. The highest BCUT2D eigenvalue weighted by molar-refractivity contribution is 5.97. The fraction of sp³-hybridized carbons (Fsp3) is 0.519. The standard InChI is InChI=1S/C27H34F2N8O2/c1-34-12-8-31-9-13-39-22-6-5-17(28)14-19(22)27(38)36-10-3-2-4-21(36)20-15-23-32-25(35-11-7-18(30)16-35)24(29)26(34)37(23)33-20/h5-6,14-15,18,21,31H,2-4,7-13,16,30H2,1H3/t18-,21?/m0/s1. The molecule has 1 amide bonds. The molecule has 2 atom stereocenters. The lowest BCUT2D eigenvalue weighted by atomic mass is 9.98. The van der Waals surface area contributed by atoms with Crippen LogP contribution in [0.2, 0.25) is 0 Å². The summed E-state index contributed by atoms with van der Waals surface area (Å²) < 4.78 is 37.9. The minimum absolute atomic E-state index is 0.0282. The highest BCUT2D eigenvalue weighted by Gasteiger charge is 2.34. The molecule has 3 N–H and O–H groups in total. The van der Waals surface area contributed by atoms with Gasteiger partial charge in [0, 0.05) is 58.4 Å². The number of nitrogens with one attached hydrogen (secondary N) is 1. The number of benzene rings is 1. The van der Waals surface area contributed by atoms with Crippen LogP contribution in [0.5, 0.6) is 5.75 Å². The number of likely N-dealkylation sites (N-methyl/N-ethyl adjacent to an activating group) is 1. The van der Waals surface area contributed by atoms with E-state index in [4.69, 9.17) is 20.6 Å². The number of fused-ring (bicyclic) bond motifs is 4. The Balaban J connectivity index is 1.48. The van der Waals surface area contributed by atoms with Gasteiger partial charge in [0.25, 0.3) is 5.91 Å². The van der Waals surface area contributed by atoms with E-state index in [1.807, 2.05) is 22.9 Å². The molecule has 3 aliphatic heterocycles. The number of nitrogens with zero attached hydrogens (tertiary/aromatic N) is 6. The van der Waals surface area contributed by atoms with Gasteiger partial charge in [0.05, 0.1) is 17.3 Å². The summed E-state index contributed by atoms with van der Waals surface area (Å²) in [5.41, 5.74) is 7.45. The number of hydrogen-bond acceptors (Lipinski definition) is 8. The fourth-order valence-electron chi connectivity index (χ4n) is 5.80. The summed E-state index contributed by atoms with van der Waals surface area (Å²) in [5.74, 6) is -0.321. The first-order chi connectivity index (χ1) is 18.9. The molecule has 1 aromatic carbocycles. The molecule has 0 aliphatic carbocycles. The number of aromatic nitrogens is 3. The van der Waals surface area contributed by atoms with Gasteiger partial charge in [0.2, 0.25) is 5.82 Å². The van der Waals surface area contributed by atoms with Gasteiger partial charge in [0.1, 0.15) is 18.2 Å². The predicted molar refractivity (Wildman–Crippen MR) is 143 cm³/mol. The van der Waals surface area contributed by atoms with E-state index in [1.165, 1.54) is 18.2 Å². The summed E-state index contributed by atoms with van der Waals surface area (Å²) in [4.78, 5) is 24.0. The van der Waals surface area contributed by atoms with Gasteiger partial charge in [-0.2, -0.15) is 14.0 Å². The number of nitrogens with two attached hydrogens (primary N) is 1. The van der Waals surface area contributed by atoms with Gasteiger partial charge in [-0.15, -0.1) is 0 Å². The first kappa shape index (κ1) is 25.8. The van der Waals surface area contributed by atoms with Gasteiger partial charge >= 0.3 is 0 Å². The summed E-state index contributed by atoms with van der Waals surface area (Å²) in [5, 5.41) is 8.11. The fourth-order valence-corrected chi connectivity index (χ4v) is 5.80. The third kappa shape index (κ3) is 4.87. The summed E-state index contributed by atoms with van der Waals surface area (Å²) in [6, 6.07) is 5.50. The molecule has 0 spiro atoms. The molecule has 208 valence electrons. The van der Waals surface area contributed by atoms with E-state index in [9.17, 15) is 9.18 Å². The summed E-state index contributed by atoms with van der Waals surface area (Å²) in [6.07, 6.45) is 3.19. The number of carbonyl (C=O) groups excluding carboxylic acids is 1. The van der Waals surface area contributed by atoms with Crippen molar-refractivity contribution in [3.05, 3.63) is 47.2 Å². The number of hydrogen-bond donors (Lipinski definition) is 2. The lowest BCUT2D eigenvalue weighted by Crippen LogP contribution is -2.39. The Morgan fingerprint density at radius 1 is 1.10 bits per heavy atom. The van der Waals surface area contributed by atoms with E-state index >= 15 is 4.39 Å². The third-order valence-electron chi connectivity index (χ3n) is 7.85. The van der Waals surface area contributed by atoms with Gasteiger partial charge in [-0.25, -0.2) is 9.37 Å². The second kappa shape index (κ2) is 10.6. The second-order valence-electron chi connectivity index (χ2n) is 10.6. The molecule has 2 saturated heterocycles. The summed E-state index contributed by atoms with van der Waals surface area (Å²) >= 11 is 0. The van der Waals surface area contributed by atoms with Crippen molar-refractivity contribution >= 4 is 23.2 Å². The van der Waals surface area contributed by atoms with Gasteiger partial charge in [-0.1, -0.05) is 0 Å². The first-order valence-electron chi connectivity index (χ1n) is 13.7. The monoisotopic (exact) mass is 540 g/mol. The molecule has 1 unspecified atom stereocenters. The molecule has 2 fully saturated rings. The zero-order chi connectivity index (χ0) is 27.1. The lowest BCUT2D eigenvalue weighted by Gasteiger charge is -2.35. The van der Waals surface area contributed by atoms with Crippen LogP contribution in [0, 0.1) is 11.6 Å². The van der Waals surface area contributed by atoms with Gasteiger partial charge in [-0.05, 0) is 43.9 Å². The maximum absolute atomic E-state index is 16.1. The van der Waals surface area contributed by atoms with Crippen LogP contribution in [0.1, 0.15) is 47.8 Å². The van der Waals surface area contributed by atoms with Gasteiger partial charge in [-0.3, -0.25) is 4.79 Å². The number of rotatable bonds is 1. The lowest BCUT2D eigenvalue weighted by molar-refractivity contribution is 0.0600. The van der Waals surface area contributed by atoms with E-state index in [2.05, 4.69) is 5.32 Å². The molecular formula is C27H34F2N8O2. The highest BCUT2D eigenvalue weighted by atomic mass is 19.1. The van der Waals surface area contributed by atoms with Crippen LogP contribution in [0.15, 0.2) is 24.3 Å². The molecule has 3 aromatic rings. The molecular weight excluding hydrogens is 506 g/mol. The van der Waals surface area contributed by atoms with Crippen molar-refractivity contribution in [3.63, 3.8) is 0 Å². The third-order valence-corrected chi connectivity index (χ3v) is 7.85. The van der Waals surface area contributed by atoms with Crippen LogP contribution in [0.4, 0.5) is 20.4 Å². The van der Waals surface area contributed by atoms with E-state index in [1.54, 1.807) is 9.42 Å². The molecule has 39 heavy (non-hydrogen) atoms. The number of amides is 1. The molecule has 12 heteroatoms. The Bertz CT molecular complexity index is 1380. The van der Waals surface area contributed by atoms with Crippen LogP contribution < -0.4 is 25.6 Å². The van der Waals surface area contributed by atoms with Crippen LogP contribution in [-0.4, -0.2) is 84.4 Å². The Morgan fingerprint density at radius 2 is 1.97 bits per heavy atom. The van der Waals surface area contributed by atoms with E-state index < -0.39 is 11.6 Å². The molecule has 5 heterocycles. The minimum Gasteiger partial charge on any atom is -0.491 e. The molecule has 3 aliphatic rings. The van der Waals surface area contributed by atoms with Gasteiger partial charge in [0.15, 0.2) is 17.3 Å². The molecule has 6 rings (SSSR count). The van der Waals surface area contributed by atoms with Crippen molar-refractivity contribution in [3.8, 4) is 5.75 Å². The molecule has 2 aromatic heterocycles. The van der Waals surface area contributed by atoms with Crippen LogP contribution in [0.25, 0.3) is 5.65 Å². The average molecular weight is 541 g/mol.